The molecule has 2 unspecified atom stereocenters. The van der Waals surface area contributed by atoms with Gasteiger partial charge in [-0.2, -0.15) is 5.26 Å². The number of halogens is 1. The van der Waals surface area contributed by atoms with E-state index in [4.69, 9.17) is 5.26 Å². The third-order valence-electron chi connectivity index (χ3n) is 5.41. The molecular formula is C22H21FN2. The average Bonchev–Trinajstić information content (AvgIpc) is 2.86. The molecule has 2 atom stereocenters. The molecule has 2 heterocycles. The first-order valence-electron chi connectivity index (χ1n) is 8.90. The summed E-state index contributed by atoms with van der Waals surface area (Å²) in [4.78, 5) is 2.55. The first-order valence-corrected chi connectivity index (χ1v) is 8.90. The van der Waals surface area contributed by atoms with Crippen LogP contribution in [0, 0.1) is 17.1 Å². The van der Waals surface area contributed by atoms with Crippen LogP contribution in [0.4, 0.5) is 4.39 Å². The highest BCUT2D eigenvalue weighted by Gasteiger charge is 2.36. The summed E-state index contributed by atoms with van der Waals surface area (Å²) in [6, 6.07) is 18.6. The van der Waals surface area contributed by atoms with Crippen LogP contribution in [0.1, 0.15) is 36.0 Å². The fourth-order valence-electron chi connectivity index (χ4n) is 4.18. The maximum absolute atomic E-state index is 14.4. The Kier molecular flexibility index (Phi) is 4.38. The van der Waals surface area contributed by atoms with Gasteiger partial charge in [-0.1, -0.05) is 42.5 Å². The lowest BCUT2D eigenvalue weighted by molar-refractivity contribution is 0.203. The second kappa shape index (κ2) is 6.82. The van der Waals surface area contributed by atoms with Gasteiger partial charge in [-0.3, -0.25) is 4.90 Å². The van der Waals surface area contributed by atoms with Gasteiger partial charge in [0.15, 0.2) is 0 Å². The molecule has 2 aromatic carbocycles. The first kappa shape index (κ1) is 16.1. The zero-order chi connectivity index (χ0) is 17.2. The number of nitrogens with zero attached hydrogens (tertiary/aromatic N) is 2. The van der Waals surface area contributed by atoms with Crippen LogP contribution >= 0.6 is 0 Å². The molecular weight excluding hydrogens is 311 g/mol. The number of hydrogen-bond donors (Lipinski definition) is 0. The molecule has 2 nitrogen and oxygen atoms in total. The zero-order valence-electron chi connectivity index (χ0n) is 14.2. The van der Waals surface area contributed by atoms with Crippen LogP contribution in [0.3, 0.4) is 0 Å². The zero-order valence-corrected chi connectivity index (χ0v) is 14.2. The Morgan fingerprint density at radius 1 is 1.08 bits per heavy atom. The molecule has 4 rings (SSSR count). The van der Waals surface area contributed by atoms with Gasteiger partial charge in [0, 0.05) is 24.2 Å². The number of benzene rings is 2. The van der Waals surface area contributed by atoms with E-state index in [2.05, 4.69) is 41.3 Å². The highest BCUT2D eigenvalue weighted by Crippen LogP contribution is 2.40. The lowest BCUT2D eigenvalue weighted by atomic mass is 9.92. The van der Waals surface area contributed by atoms with E-state index >= 15 is 0 Å². The predicted molar refractivity (Wildman–Crippen MR) is 97.1 cm³/mol. The van der Waals surface area contributed by atoms with Crippen LogP contribution in [0.15, 0.2) is 54.6 Å². The van der Waals surface area contributed by atoms with Gasteiger partial charge in [-0.05, 0) is 48.1 Å². The van der Waals surface area contributed by atoms with Crippen LogP contribution < -0.4 is 0 Å². The van der Waals surface area contributed by atoms with E-state index in [0.717, 1.165) is 36.9 Å². The number of rotatable bonds is 4. The summed E-state index contributed by atoms with van der Waals surface area (Å²) in [6.45, 7) is 0.955. The van der Waals surface area contributed by atoms with E-state index < -0.39 is 0 Å². The Labute approximate surface area is 148 Å². The second-order valence-electron chi connectivity index (χ2n) is 7.00. The Bertz CT molecular complexity index is 835. The minimum atomic E-state index is -0.177. The summed E-state index contributed by atoms with van der Waals surface area (Å²) in [5, 5.41) is 8.89. The summed E-state index contributed by atoms with van der Waals surface area (Å²) in [7, 11) is 0. The van der Waals surface area contributed by atoms with Crippen LogP contribution in [0.2, 0.25) is 0 Å². The van der Waals surface area contributed by atoms with E-state index in [1.807, 2.05) is 12.1 Å². The molecule has 1 saturated heterocycles. The van der Waals surface area contributed by atoms with Crippen molar-refractivity contribution in [3.63, 3.8) is 0 Å². The van der Waals surface area contributed by atoms with Crippen molar-refractivity contribution in [2.45, 2.75) is 44.3 Å². The molecule has 0 saturated carbocycles. The number of hydrogen-bond acceptors (Lipinski definition) is 2. The molecule has 0 N–H and O–H groups in total. The monoisotopic (exact) mass is 332 g/mol. The van der Waals surface area contributed by atoms with Gasteiger partial charge in [0.25, 0.3) is 0 Å². The summed E-state index contributed by atoms with van der Waals surface area (Å²) in [5.41, 5.74) is 4.01. The molecule has 126 valence electrons. The molecule has 3 heteroatoms. The largest absolute Gasteiger partial charge is 0.289 e. The Morgan fingerprint density at radius 2 is 1.92 bits per heavy atom. The van der Waals surface area contributed by atoms with E-state index in [1.165, 1.54) is 11.6 Å². The van der Waals surface area contributed by atoms with Crippen LogP contribution in [0.25, 0.3) is 5.57 Å². The van der Waals surface area contributed by atoms with Crippen LogP contribution in [-0.2, 0) is 13.0 Å². The smallest absolute Gasteiger partial charge is 0.130 e. The molecule has 0 amide bonds. The highest BCUT2D eigenvalue weighted by molar-refractivity contribution is 5.69. The minimum absolute atomic E-state index is 0.177. The topological polar surface area (TPSA) is 27.0 Å². The molecule has 0 aliphatic carbocycles. The fraction of sp³-hybridized carbons (Fsp3) is 0.318. The molecule has 2 bridgehead atoms. The van der Waals surface area contributed by atoms with E-state index in [9.17, 15) is 4.39 Å². The van der Waals surface area contributed by atoms with Gasteiger partial charge < -0.3 is 0 Å². The predicted octanol–water partition coefficient (Wildman–Crippen LogP) is 4.71. The van der Waals surface area contributed by atoms with Crippen LogP contribution in [-0.4, -0.2) is 17.0 Å². The maximum Gasteiger partial charge on any atom is 0.130 e. The molecule has 0 spiro atoms. The second-order valence-corrected chi connectivity index (χ2v) is 7.00. The highest BCUT2D eigenvalue weighted by atomic mass is 19.1. The molecule has 1 fully saturated rings. The fourth-order valence-corrected chi connectivity index (χ4v) is 4.18. The molecule has 0 radical (unpaired) electrons. The van der Waals surface area contributed by atoms with Crippen molar-refractivity contribution in [1.29, 1.82) is 5.26 Å². The lowest BCUT2D eigenvalue weighted by Gasteiger charge is -2.34. The molecule has 2 aromatic rings. The number of nitriles is 1. The van der Waals surface area contributed by atoms with E-state index in [-0.39, 0.29) is 5.82 Å². The van der Waals surface area contributed by atoms with Gasteiger partial charge >= 0.3 is 0 Å². The molecule has 2 aliphatic heterocycles. The summed E-state index contributed by atoms with van der Waals surface area (Å²) < 4.78 is 14.4. The van der Waals surface area contributed by atoms with Crippen molar-refractivity contribution < 1.29 is 4.39 Å². The lowest BCUT2D eigenvalue weighted by Crippen LogP contribution is -2.37. The van der Waals surface area contributed by atoms with Crippen molar-refractivity contribution in [3.8, 4) is 6.07 Å². The van der Waals surface area contributed by atoms with Crippen molar-refractivity contribution in [2.24, 2.45) is 0 Å². The molecule has 0 aromatic heterocycles. The summed E-state index contributed by atoms with van der Waals surface area (Å²) in [6.07, 6.45) is 5.77. The molecule has 2 aliphatic rings. The van der Waals surface area contributed by atoms with Crippen molar-refractivity contribution in [1.82, 2.24) is 4.90 Å². The molecule has 25 heavy (non-hydrogen) atoms. The normalized spacial score (nSPS) is 22.5. The Balaban J connectivity index is 1.60. The van der Waals surface area contributed by atoms with Gasteiger partial charge in [0.05, 0.1) is 12.5 Å². The SMILES string of the molecule is N#CCc1ccc(F)c(C2=CC3CCC(C2)N3Cc2ccccc2)c1. The standard InChI is InChI=1S/C22H21FN2/c23-22-9-6-16(10-11-24)12-21(22)18-13-19-7-8-20(14-18)25(19)15-17-4-2-1-3-5-17/h1-6,9,12-13,19-20H,7-8,10,14-15H2. The average molecular weight is 332 g/mol. The summed E-state index contributed by atoms with van der Waals surface area (Å²) in [5.74, 6) is -0.177. The third kappa shape index (κ3) is 3.23. The number of fused-ring (bicyclic) bond motifs is 2. The van der Waals surface area contributed by atoms with Crippen molar-refractivity contribution in [3.05, 3.63) is 77.1 Å². The quantitative estimate of drug-likeness (QED) is 0.810. The van der Waals surface area contributed by atoms with Gasteiger partial charge in [-0.15, -0.1) is 0 Å². The van der Waals surface area contributed by atoms with Crippen molar-refractivity contribution >= 4 is 5.57 Å². The third-order valence-corrected chi connectivity index (χ3v) is 5.41. The van der Waals surface area contributed by atoms with Gasteiger partial charge in [-0.25, -0.2) is 4.39 Å². The van der Waals surface area contributed by atoms with Gasteiger partial charge in [0.1, 0.15) is 5.82 Å². The first-order chi connectivity index (χ1) is 12.2. The van der Waals surface area contributed by atoms with Crippen molar-refractivity contribution in [2.75, 3.05) is 0 Å². The minimum Gasteiger partial charge on any atom is -0.289 e. The van der Waals surface area contributed by atoms with E-state index in [1.54, 1.807) is 6.07 Å². The van der Waals surface area contributed by atoms with E-state index in [0.29, 0.717) is 24.1 Å². The summed E-state index contributed by atoms with van der Waals surface area (Å²) >= 11 is 0. The van der Waals surface area contributed by atoms with Gasteiger partial charge in [0.2, 0.25) is 0 Å². The van der Waals surface area contributed by atoms with Crippen LogP contribution in [0.5, 0.6) is 0 Å². The Hall–Kier alpha value is -2.44. The maximum atomic E-state index is 14.4. The Morgan fingerprint density at radius 3 is 2.68 bits per heavy atom.